The van der Waals surface area contributed by atoms with Crippen LogP contribution in [-0.4, -0.2) is 24.7 Å². The van der Waals surface area contributed by atoms with Crippen molar-refractivity contribution in [1.29, 1.82) is 0 Å². The minimum absolute atomic E-state index is 0.0238. The van der Waals surface area contributed by atoms with Crippen LogP contribution in [0, 0.1) is 0 Å². The van der Waals surface area contributed by atoms with Gasteiger partial charge in [-0.1, -0.05) is 11.2 Å². The second-order valence-electron chi connectivity index (χ2n) is 5.45. The van der Waals surface area contributed by atoms with Crippen molar-refractivity contribution >= 4 is 21.4 Å². The van der Waals surface area contributed by atoms with Gasteiger partial charge in [0.05, 0.1) is 22.4 Å². The Morgan fingerprint density at radius 1 is 1.24 bits per heavy atom. The second-order valence-corrected chi connectivity index (χ2v) is 8.17. The van der Waals surface area contributed by atoms with E-state index in [1.165, 1.54) is 23.5 Å². The normalized spacial score (nSPS) is 11.8. The molecule has 0 unspecified atom stereocenters. The predicted molar refractivity (Wildman–Crippen MR) is 93.8 cm³/mol. The van der Waals surface area contributed by atoms with E-state index < -0.39 is 10.0 Å². The van der Waals surface area contributed by atoms with Gasteiger partial charge in [0.2, 0.25) is 21.7 Å². The molecular formula is C16H17N3O4S2. The number of nitrogens with one attached hydrogen (secondary N) is 1. The van der Waals surface area contributed by atoms with Gasteiger partial charge in [0, 0.05) is 0 Å². The molecule has 0 saturated heterocycles. The first-order valence-electron chi connectivity index (χ1n) is 7.57. The Labute approximate surface area is 149 Å². The van der Waals surface area contributed by atoms with Crippen LogP contribution in [0.5, 0.6) is 5.75 Å². The maximum absolute atomic E-state index is 12.3. The van der Waals surface area contributed by atoms with Crippen molar-refractivity contribution in [2.75, 3.05) is 0 Å². The number of nitrogens with zero attached hydrogens (tertiary/aromatic N) is 2. The van der Waals surface area contributed by atoms with Crippen molar-refractivity contribution in [1.82, 2.24) is 14.9 Å². The van der Waals surface area contributed by atoms with Crippen LogP contribution in [0.25, 0.3) is 10.7 Å². The number of ether oxygens (including phenoxy) is 1. The number of hydrogen-bond acceptors (Lipinski definition) is 7. The fourth-order valence-corrected chi connectivity index (χ4v) is 3.67. The first-order chi connectivity index (χ1) is 11.9. The van der Waals surface area contributed by atoms with E-state index in [2.05, 4.69) is 14.9 Å². The molecule has 9 heteroatoms. The van der Waals surface area contributed by atoms with Crippen LogP contribution in [0.1, 0.15) is 19.7 Å². The number of thiophene rings is 1. The molecule has 0 amide bonds. The zero-order valence-corrected chi connectivity index (χ0v) is 15.3. The Balaban J connectivity index is 1.65. The highest BCUT2D eigenvalue weighted by atomic mass is 32.2. The molecule has 0 aliphatic carbocycles. The molecule has 1 N–H and O–H groups in total. The van der Waals surface area contributed by atoms with Gasteiger partial charge in [0.1, 0.15) is 5.75 Å². The zero-order chi connectivity index (χ0) is 17.9. The van der Waals surface area contributed by atoms with Crippen molar-refractivity contribution in [3.8, 4) is 16.5 Å². The molecule has 0 aliphatic rings. The third-order valence-corrected chi connectivity index (χ3v) is 5.41. The molecule has 3 rings (SSSR count). The van der Waals surface area contributed by atoms with E-state index in [0.717, 1.165) is 4.88 Å². The largest absolute Gasteiger partial charge is 0.491 e. The Hall–Kier alpha value is -2.23. The lowest BCUT2D eigenvalue weighted by Gasteiger charge is -2.10. The summed E-state index contributed by atoms with van der Waals surface area (Å²) < 4.78 is 37.7. The molecule has 3 aromatic rings. The minimum Gasteiger partial charge on any atom is -0.491 e. The average Bonchev–Trinajstić information content (AvgIpc) is 3.24. The number of rotatable bonds is 7. The van der Waals surface area contributed by atoms with E-state index in [0.29, 0.717) is 11.6 Å². The van der Waals surface area contributed by atoms with Crippen molar-refractivity contribution in [3.63, 3.8) is 0 Å². The van der Waals surface area contributed by atoms with Gasteiger partial charge in [0.25, 0.3) is 0 Å². The van der Waals surface area contributed by atoms with Crippen molar-refractivity contribution < 1.29 is 17.7 Å². The summed E-state index contributed by atoms with van der Waals surface area (Å²) in [5, 5.41) is 5.75. The molecule has 0 saturated carbocycles. The fourth-order valence-electron chi connectivity index (χ4n) is 2.04. The van der Waals surface area contributed by atoms with Gasteiger partial charge in [-0.05, 0) is 49.6 Å². The Bertz CT molecular complexity index is 917. The molecule has 0 radical (unpaired) electrons. The van der Waals surface area contributed by atoms with Crippen LogP contribution >= 0.6 is 11.3 Å². The second kappa shape index (κ2) is 7.34. The molecule has 0 bridgehead atoms. The number of aromatic nitrogens is 2. The van der Waals surface area contributed by atoms with Crippen molar-refractivity contribution in [2.45, 2.75) is 31.4 Å². The van der Waals surface area contributed by atoms with Crippen molar-refractivity contribution in [2.24, 2.45) is 0 Å². The van der Waals surface area contributed by atoms with Gasteiger partial charge >= 0.3 is 0 Å². The molecule has 0 spiro atoms. The van der Waals surface area contributed by atoms with E-state index in [1.807, 2.05) is 31.4 Å². The molecule has 1 aromatic carbocycles. The molecule has 0 atom stereocenters. The maximum Gasteiger partial charge on any atom is 0.242 e. The van der Waals surface area contributed by atoms with E-state index in [9.17, 15) is 8.42 Å². The van der Waals surface area contributed by atoms with Crippen molar-refractivity contribution in [3.05, 3.63) is 47.7 Å². The predicted octanol–water partition coefficient (Wildman–Crippen LogP) is 3.06. The van der Waals surface area contributed by atoms with Crippen LogP contribution in [-0.2, 0) is 16.6 Å². The Morgan fingerprint density at radius 2 is 2.00 bits per heavy atom. The lowest BCUT2D eigenvalue weighted by molar-refractivity contribution is 0.242. The maximum atomic E-state index is 12.3. The smallest absolute Gasteiger partial charge is 0.242 e. The Kier molecular flexibility index (Phi) is 5.16. The molecule has 7 nitrogen and oxygen atoms in total. The summed E-state index contributed by atoms with van der Waals surface area (Å²) in [6, 6.07) is 9.97. The van der Waals surface area contributed by atoms with E-state index >= 15 is 0 Å². The third kappa shape index (κ3) is 4.44. The minimum atomic E-state index is -3.68. The lowest BCUT2D eigenvalue weighted by atomic mass is 10.3. The van der Waals surface area contributed by atoms with Crippen LogP contribution in [0.15, 0.2) is 51.2 Å². The SMILES string of the molecule is CC(C)Oc1ccc(S(=O)(=O)NCc2nc(-c3cccs3)no2)cc1. The standard InChI is InChI=1S/C16H17N3O4S2/c1-11(2)22-12-5-7-13(8-6-12)25(20,21)17-10-15-18-16(19-23-15)14-4-3-9-24-14/h3-9,11,17H,10H2,1-2H3. The summed E-state index contributed by atoms with van der Waals surface area (Å²) in [4.78, 5) is 5.18. The first-order valence-corrected chi connectivity index (χ1v) is 9.93. The molecule has 2 aromatic heterocycles. The summed E-state index contributed by atoms with van der Waals surface area (Å²) >= 11 is 1.48. The third-order valence-electron chi connectivity index (χ3n) is 3.13. The number of benzene rings is 1. The molecular weight excluding hydrogens is 362 g/mol. The highest BCUT2D eigenvalue weighted by Crippen LogP contribution is 2.21. The van der Waals surface area contributed by atoms with Gasteiger partial charge in [-0.3, -0.25) is 0 Å². The van der Waals surface area contributed by atoms with Crippen LogP contribution in [0.2, 0.25) is 0 Å². The summed E-state index contributed by atoms with van der Waals surface area (Å²) in [6.45, 7) is 3.73. The molecule has 132 valence electrons. The van der Waals surface area contributed by atoms with Crippen LogP contribution < -0.4 is 9.46 Å². The van der Waals surface area contributed by atoms with Crippen LogP contribution in [0.4, 0.5) is 0 Å². The van der Waals surface area contributed by atoms with E-state index in [4.69, 9.17) is 9.26 Å². The molecule has 0 aliphatic heterocycles. The van der Waals surface area contributed by atoms with Gasteiger partial charge in [-0.2, -0.15) is 4.98 Å². The number of sulfonamides is 1. The Morgan fingerprint density at radius 3 is 2.64 bits per heavy atom. The summed E-state index contributed by atoms with van der Waals surface area (Å²) in [5.74, 6) is 1.26. The van der Waals surface area contributed by atoms with Gasteiger partial charge in [0.15, 0.2) is 0 Å². The number of hydrogen-bond donors (Lipinski definition) is 1. The van der Waals surface area contributed by atoms with Gasteiger partial charge < -0.3 is 9.26 Å². The monoisotopic (exact) mass is 379 g/mol. The van der Waals surface area contributed by atoms with Gasteiger partial charge in [-0.15, -0.1) is 11.3 Å². The summed E-state index contributed by atoms with van der Waals surface area (Å²) in [6.07, 6.45) is 0.0238. The van der Waals surface area contributed by atoms with E-state index in [-0.39, 0.29) is 23.4 Å². The van der Waals surface area contributed by atoms with Gasteiger partial charge in [-0.25, -0.2) is 13.1 Å². The lowest BCUT2D eigenvalue weighted by Crippen LogP contribution is -2.23. The molecule has 2 heterocycles. The quantitative estimate of drug-likeness (QED) is 0.678. The fraction of sp³-hybridized carbons (Fsp3) is 0.250. The van der Waals surface area contributed by atoms with Crippen LogP contribution in [0.3, 0.4) is 0 Å². The van der Waals surface area contributed by atoms with E-state index in [1.54, 1.807) is 12.1 Å². The topological polar surface area (TPSA) is 94.3 Å². The summed E-state index contributed by atoms with van der Waals surface area (Å²) in [5.41, 5.74) is 0. The average molecular weight is 379 g/mol. The first kappa shape index (κ1) is 17.6. The highest BCUT2D eigenvalue weighted by molar-refractivity contribution is 7.89. The highest BCUT2D eigenvalue weighted by Gasteiger charge is 2.16. The summed E-state index contributed by atoms with van der Waals surface area (Å²) in [7, 11) is -3.68. The molecule has 25 heavy (non-hydrogen) atoms. The zero-order valence-electron chi connectivity index (χ0n) is 13.7. The molecule has 0 fully saturated rings.